The van der Waals surface area contributed by atoms with E-state index in [4.69, 9.17) is 0 Å². The molecule has 0 aromatic rings. The summed E-state index contributed by atoms with van der Waals surface area (Å²) in [6.45, 7) is -1.26. The van der Waals surface area contributed by atoms with Gasteiger partial charge in [0.15, 0.2) is 0 Å². The number of hydrogen-bond acceptors (Lipinski definition) is 10. The van der Waals surface area contributed by atoms with E-state index in [1.54, 1.807) is 12.6 Å². The number of hydrogen-bond donors (Lipinski definition) is 0. The van der Waals surface area contributed by atoms with Crippen molar-refractivity contribution in [2.45, 2.75) is 0 Å². The van der Waals surface area contributed by atoms with Gasteiger partial charge in [0.05, 0.1) is 11.9 Å². The molecule has 0 saturated heterocycles. The van der Waals surface area contributed by atoms with Gasteiger partial charge in [-0.05, 0) is 0 Å². The smallest absolute Gasteiger partial charge is 0.870 e. The van der Waals surface area contributed by atoms with Crippen LogP contribution in [-0.2, 0) is 19.2 Å². The SMILES string of the molecule is O=[C-]CN(C[C-]=O)CCN(CC(=O)[O-])CC(=O)[O-].[Na+].[Na+].[Na+].[Na+].[OH-].[OH-]. The molecule has 0 radical (unpaired) electrons. The number of carboxylic acid groups (broad SMARTS) is 2. The topological polar surface area (TPSA) is 181 Å². The van der Waals surface area contributed by atoms with Gasteiger partial charge in [0, 0.05) is 26.2 Å². The summed E-state index contributed by atoms with van der Waals surface area (Å²) in [7, 11) is 0. The van der Waals surface area contributed by atoms with Gasteiger partial charge in [-0.2, -0.15) is 0 Å². The van der Waals surface area contributed by atoms with E-state index in [1.165, 1.54) is 4.90 Å². The van der Waals surface area contributed by atoms with Gasteiger partial charge in [-0.25, -0.2) is 0 Å². The van der Waals surface area contributed by atoms with Crippen molar-refractivity contribution >= 4 is 24.5 Å². The Morgan fingerprint density at radius 3 is 1.25 bits per heavy atom. The first-order chi connectivity index (χ1) is 8.49. The molecule has 0 amide bonds. The van der Waals surface area contributed by atoms with Gasteiger partial charge in [-0.15, -0.1) is 13.1 Å². The molecule has 0 rings (SSSR count). The number of nitrogens with zero attached hydrogens (tertiary/aromatic N) is 2. The maximum absolute atomic E-state index is 10.4. The summed E-state index contributed by atoms with van der Waals surface area (Å²) in [6.07, 6.45) is 3.16. The molecule has 0 aliphatic heterocycles. The van der Waals surface area contributed by atoms with E-state index in [0.29, 0.717) is 0 Å². The monoisotopic (exact) mass is 382 g/mol. The molecular formula is C10H14N2Na4O8-2. The van der Waals surface area contributed by atoms with Crippen molar-refractivity contribution in [3.8, 4) is 0 Å². The molecular weight excluding hydrogens is 368 g/mol. The normalized spacial score (nSPS) is 7.92. The first-order valence-electron chi connectivity index (χ1n) is 5.04. The minimum atomic E-state index is -1.42. The molecule has 24 heavy (non-hydrogen) atoms. The number of carbonyl (C=O) groups excluding carboxylic acids is 4. The molecule has 2 N–H and O–H groups in total. The number of carboxylic acids is 2. The molecule has 0 aromatic carbocycles. The van der Waals surface area contributed by atoms with E-state index < -0.39 is 25.0 Å². The summed E-state index contributed by atoms with van der Waals surface area (Å²) < 4.78 is 0. The molecule has 0 aliphatic carbocycles. The van der Waals surface area contributed by atoms with Crippen LogP contribution in [0.3, 0.4) is 0 Å². The largest absolute Gasteiger partial charge is 1.00 e. The van der Waals surface area contributed by atoms with E-state index >= 15 is 0 Å². The van der Waals surface area contributed by atoms with Crippen LogP contribution in [0.4, 0.5) is 0 Å². The standard InChI is InChI=1S/C10H14N2O6.4Na.2H2O/c13-5-3-11(4-6-14)1-2-12(7-9(15)16)8-10(17)18;;;;;;/h1-4,7-8H2,(H,15,16)(H,17,18);;;;;2*1H2/q-2;4*+1;;/p-4. The van der Waals surface area contributed by atoms with Crippen molar-refractivity contribution in [2.75, 3.05) is 39.3 Å². The molecule has 10 nitrogen and oxygen atoms in total. The van der Waals surface area contributed by atoms with Crippen LogP contribution in [0.2, 0.25) is 0 Å². The second kappa shape index (κ2) is 29.9. The van der Waals surface area contributed by atoms with E-state index in [0.717, 1.165) is 4.90 Å². The summed E-state index contributed by atoms with van der Waals surface area (Å²) in [6, 6.07) is 0. The Kier molecular flexibility index (Phi) is 56.1. The van der Waals surface area contributed by atoms with Crippen molar-refractivity contribution < 1.29 is 159 Å². The third-order valence-corrected chi connectivity index (χ3v) is 2.01. The average Bonchev–Trinajstić information content (AvgIpc) is 2.24. The molecule has 14 heteroatoms. The van der Waals surface area contributed by atoms with Gasteiger partial charge >= 0.3 is 118 Å². The molecule has 0 unspecified atom stereocenters. The summed E-state index contributed by atoms with van der Waals surface area (Å²) in [5.41, 5.74) is 0. The summed E-state index contributed by atoms with van der Waals surface area (Å²) >= 11 is 0. The zero-order valence-electron chi connectivity index (χ0n) is 14.5. The Hall–Kier alpha value is 2.12. The molecule has 0 aromatic heterocycles. The minimum absolute atomic E-state index is 0. The predicted octanol–water partition coefficient (Wildman–Crippen LogP) is -17.0. The van der Waals surface area contributed by atoms with Gasteiger partial charge in [-0.1, -0.05) is 0 Å². The zero-order valence-corrected chi connectivity index (χ0v) is 22.5. The Morgan fingerprint density at radius 2 is 1.00 bits per heavy atom. The number of aliphatic carboxylic acids is 2. The van der Waals surface area contributed by atoms with Crippen LogP contribution >= 0.6 is 0 Å². The van der Waals surface area contributed by atoms with Gasteiger partial charge < -0.3 is 45.2 Å². The first-order valence-corrected chi connectivity index (χ1v) is 5.04. The molecule has 0 saturated carbocycles. The van der Waals surface area contributed by atoms with Crippen molar-refractivity contribution in [3.63, 3.8) is 0 Å². The van der Waals surface area contributed by atoms with E-state index in [-0.39, 0.29) is 155 Å². The Morgan fingerprint density at radius 1 is 0.708 bits per heavy atom. The quantitative estimate of drug-likeness (QED) is 0.246. The van der Waals surface area contributed by atoms with Gasteiger partial charge in [0.2, 0.25) is 0 Å². The van der Waals surface area contributed by atoms with Gasteiger partial charge in [0.25, 0.3) is 0 Å². The number of carbonyl (C=O) groups is 2. The molecule has 0 bridgehead atoms. The second-order valence-electron chi connectivity index (χ2n) is 3.45. The van der Waals surface area contributed by atoms with E-state index in [1.807, 2.05) is 0 Å². The van der Waals surface area contributed by atoms with Crippen LogP contribution in [0.5, 0.6) is 0 Å². The molecule has 0 spiro atoms. The summed E-state index contributed by atoms with van der Waals surface area (Å²) in [5.74, 6) is -2.85. The Balaban J connectivity index is -0.0000000963. The molecule has 118 valence electrons. The van der Waals surface area contributed by atoms with Crippen LogP contribution in [0.15, 0.2) is 0 Å². The van der Waals surface area contributed by atoms with Crippen LogP contribution in [0.25, 0.3) is 0 Å². The molecule has 0 fully saturated rings. The van der Waals surface area contributed by atoms with Crippen molar-refractivity contribution in [1.82, 2.24) is 9.80 Å². The zero-order chi connectivity index (χ0) is 14.0. The van der Waals surface area contributed by atoms with Crippen molar-refractivity contribution in [3.05, 3.63) is 0 Å². The third kappa shape index (κ3) is 28.9. The van der Waals surface area contributed by atoms with Crippen LogP contribution < -0.4 is 128 Å². The molecule has 0 aliphatic rings. The van der Waals surface area contributed by atoms with E-state index in [9.17, 15) is 29.4 Å². The van der Waals surface area contributed by atoms with Gasteiger partial charge in [0.1, 0.15) is 0 Å². The third-order valence-electron chi connectivity index (χ3n) is 2.01. The second-order valence-corrected chi connectivity index (χ2v) is 3.45. The maximum atomic E-state index is 10.4. The maximum Gasteiger partial charge on any atom is 1.00 e. The summed E-state index contributed by atoms with van der Waals surface area (Å²) in [5, 5.41) is 20.8. The molecule has 0 heterocycles. The van der Waals surface area contributed by atoms with Gasteiger partial charge in [-0.3, -0.25) is 17.5 Å². The van der Waals surface area contributed by atoms with Crippen molar-refractivity contribution in [2.24, 2.45) is 0 Å². The Labute approximate surface area is 228 Å². The average molecular weight is 382 g/mol. The first kappa shape index (κ1) is 45.1. The van der Waals surface area contributed by atoms with Crippen LogP contribution in [0, 0.1) is 0 Å². The fraction of sp³-hybridized carbons (Fsp3) is 0.600. The summed E-state index contributed by atoms with van der Waals surface area (Å²) in [4.78, 5) is 43.5. The van der Waals surface area contributed by atoms with E-state index in [2.05, 4.69) is 0 Å². The Bertz CT molecular complexity index is 299. The number of rotatable bonds is 11. The molecule has 0 atom stereocenters. The predicted molar refractivity (Wildman–Crippen MR) is 58.2 cm³/mol. The van der Waals surface area contributed by atoms with Crippen molar-refractivity contribution in [1.29, 1.82) is 0 Å². The fourth-order valence-electron chi connectivity index (χ4n) is 1.26. The fourth-order valence-corrected chi connectivity index (χ4v) is 1.26. The van der Waals surface area contributed by atoms with Crippen LogP contribution in [-0.4, -0.2) is 84.5 Å². The minimum Gasteiger partial charge on any atom is -0.870 e. The van der Waals surface area contributed by atoms with Crippen LogP contribution in [0.1, 0.15) is 0 Å².